The molecule has 0 radical (unpaired) electrons. The number of thiophene rings is 1. The Bertz CT molecular complexity index is 401. The van der Waals surface area contributed by atoms with Crippen molar-refractivity contribution in [3.63, 3.8) is 0 Å². The second-order valence-corrected chi connectivity index (χ2v) is 7.79. The number of likely N-dealkylation sites (tertiary alicyclic amines) is 1. The van der Waals surface area contributed by atoms with E-state index in [1.807, 2.05) is 11.3 Å². The first-order valence-corrected chi connectivity index (χ1v) is 8.94. The molecule has 1 aromatic heterocycles. The molecule has 0 aromatic carbocycles. The number of hydrogen-bond acceptors (Lipinski definition) is 3. The van der Waals surface area contributed by atoms with E-state index in [1.165, 1.54) is 29.1 Å². The lowest BCUT2D eigenvalue weighted by atomic mass is 9.86. The number of nitrogens with zero attached hydrogens (tertiary/aromatic N) is 1. The van der Waals surface area contributed by atoms with Crippen molar-refractivity contribution in [3.05, 3.63) is 21.9 Å². The SMILES string of the molecule is CCCNCc1ccc(CN2CC(C)CC(C)C2C)s1. The zero-order chi connectivity index (χ0) is 14.5. The summed E-state index contributed by atoms with van der Waals surface area (Å²) in [7, 11) is 0. The molecule has 2 nitrogen and oxygen atoms in total. The fraction of sp³-hybridized carbons (Fsp3) is 0.765. The smallest absolute Gasteiger partial charge is 0.0331 e. The van der Waals surface area contributed by atoms with Gasteiger partial charge in [-0.15, -0.1) is 11.3 Å². The second-order valence-electron chi connectivity index (χ2n) is 6.53. The Morgan fingerprint density at radius 2 is 2.00 bits per heavy atom. The number of piperidine rings is 1. The molecule has 0 aliphatic carbocycles. The summed E-state index contributed by atoms with van der Waals surface area (Å²) in [5.74, 6) is 1.66. The Morgan fingerprint density at radius 1 is 1.25 bits per heavy atom. The molecule has 20 heavy (non-hydrogen) atoms. The third-order valence-electron chi connectivity index (χ3n) is 4.52. The van der Waals surface area contributed by atoms with Gasteiger partial charge in [0, 0.05) is 35.4 Å². The Labute approximate surface area is 128 Å². The van der Waals surface area contributed by atoms with Crippen LogP contribution >= 0.6 is 11.3 Å². The maximum absolute atomic E-state index is 3.49. The average molecular weight is 295 g/mol. The van der Waals surface area contributed by atoms with Gasteiger partial charge in [0.25, 0.3) is 0 Å². The van der Waals surface area contributed by atoms with E-state index in [9.17, 15) is 0 Å². The van der Waals surface area contributed by atoms with Gasteiger partial charge in [-0.1, -0.05) is 20.8 Å². The van der Waals surface area contributed by atoms with E-state index in [2.05, 4.69) is 50.0 Å². The Kier molecular flexibility index (Phi) is 6.06. The molecule has 3 heteroatoms. The predicted octanol–water partition coefficient (Wildman–Crippen LogP) is 4.11. The van der Waals surface area contributed by atoms with E-state index in [0.717, 1.165) is 37.5 Å². The van der Waals surface area contributed by atoms with Crippen molar-refractivity contribution in [2.24, 2.45) is 11.8 Å². The van der Waals surface area contributed by atoms with Crippen LogP contribution in [0.5, 0.6) is 0 Å². The Balaban J connectivity index is 1.89. The summed E-state index contributed by atoms with van der Waals surface area (Å²) in [5.41, 5.74) is 0. The fourth-order valence-electron chi connectivity index (χ4n) is 3.23. The highest BCUT2D eigenvalue weighted by atomic mass is 32.1. The summed E-state index contributed by atoms with van der Waals surface area (Å²) >= 11 is 1.98. The molecule has 0 amide bonds. The largest absolute Gasteiger partial charge is 0.312 e. The molecule has 0 bridgehead atoms. The van der Waals surface area contributed by atoms with Gasteiger partial charge in [-0.05, 0) is 50.3 Å². The number of nitrogens with one attached hydrogen (secondary N) is 1. The summed E-state index contributed by atoms with van der Waals surface area (Å²) in [6.45, 7) is 13.9. The van der Waals surface area contributed by atoms with E-state index >= 15 is 0 Å². The van der Waals surface area contributed by atoms with E-state index in [0.29, 0.717) is 0 Å². The van der Waals surface area contributed by atoms with Crippen LogP contribution in [0.15, 0.2) is 12.1 Å². The van der Waals surface area contributed by atoms with Crippen LogP contribution in [0.3, 0.4) is 0 Å². The lowest BCUT2D eigenvalue weighted by molar-refractivity contribution is 0.0739. The van der Waals surface area contributed by atoms with Crippen molar-refractivity contribution in [2.45, 2.75) is 59.7 Å². The average Bonchev–Trinajstić information content (AvgIpc) is 2.83. The van der Waals surface area contributed by atoms with Gasteiger partial charge in [0.15, 0.2) is 0 Å². The fourth-order valence-corrected chi connectivity index (χ4v) is 4.25. The molecule has 1 aromatic rings. The van der Waals surface area contributed by atoms with Gasteiger partial charge in [0.05, 0.1) is 0 Å². The minimum Gasteiger partial charge on any atom is -0.312 e. The summed E-state index contributed by atoms with van der Waals surface area (Å²) in [4.78, 5) is 5.67. The highest BCUT2D eigenvalue weighted by Crippen LogP contribution is 2.29. The molecule has 2 rings (SSSR count). The Morgan fingerprint density at radius 3 is 2.75 bits per heavy atom. The topological polar surface area (TPSA) is 15.3 Å². The molecule has 1 fully saturated rings. The molecule has 3 atom stereocenters. The van der Waals surface area contributed by atoms with Crippen LogP contribution in [-0.4, -0.2) is 24.0 Å². The van der Waals surface area contributed by atoms with E-state index in [4.69, 9.17) is 0 Å². The van der Waals surface area contributed by atoms with Gasteiger partial charge >= 0.3 is 0 Å². The monoisotopic (exact) mass is 294 g/mol. The van der Waals surface area contributed by atoms with Crippen LogP contribution in [0.2, 0.25) is 0 Å². The molecule has 1 saturated heterocycles. The first-order valence-electron chi connectivity index (χ1n) is 8.12. The molecule has 0 spiro atoms. The zero-order valence-electron chi connectivity index (χ0n) is 13.5. The normalized spacial score (nSPS) is 27.9. The van der Waals surface area contributed by atoms with Gasteiger partial charge in [-0.3, -0.25) is 4.90 Å². The van der Waals surface area contributed by atoms with Gasteiger partial charge in [0.1, 0.15) is 0 Å². The van der Waals surface area contributed by atoms with Crippen molar-refractivity contribution in [1.82, 2.24) is 10.2 Å². The van der Waals surface area contributed by atoms with Crippen molar-refractivity contribution >= 4 is 11.3 Å². The molecule has 0 saturated carbocycles. The minimum absolute atomic E-state index is 0.718. The lowest BCUT2D eigenvalue weighted by Gasteiger charge is -2.40. The van der Waals surface area contributed by atoms with E-state index < -0.39 is 0 Å². The van der Waals surface area contributed by atoms with Crippen molar-refractivity contribution in [2.75, 3.05) is 13.1 Å². The minimum atomic E-state index is 0.718. The maximum Gasteiger partial charge on any atom is 0.0331 e. The standard InChI is InChI=1S/C17H30N2S/c1-5-8-18-10-16-6-7-17(20-16)12-19-11-13(2)9-14(3)15(19)4/h6-7,13-15,18H,5,8-12H2,1-4H3. The van der Waals surface area contributed by atoms with E-state index in [-0.39, 0.29) is 0 Å². The summed E-state index contributed by atoms with van der Waals surface area (Å²) in [6, 6.07) is 5.34. The quantitative estimate of drug-likeness (QED) is 0.794. The van der Waals surface area contributed by atoms with Crippen LogP contribution in [-0.2, 0) is 13.1 Å². The molecule has 1 N–H and O–H groups in total. The van der Waals surface area contributed by atoms with Gasteiger partial charge in [-0.25, -0.2) is 0 Å². The van der Waals surface area contributed by atoms with Crippen molar-refractivity contribution in [3.8, 4) is 0 Å². The molecule has 114 valence electrons. The lowest BCUT2D eigenvalue weighted by Crippen LogP contribution is -2.44. The van der Waals surface area contributed by atoms with Crippen LogP contribution in [0.25, 0.3) is 0 Å². The zero-order valence-corrected chi connectivity index (χ0v) is 14.3. The summed E-state index contributed by atoms with van der Waals surface area (Å²) in [5, 5.41) is 3.49. The predicted molar refractivity (Wildman–Crippen MR) is 89.1 cm³/mol. The molecule has 2 heterocycles. The molecule has 1 aliphatic rings. The molecular weight excluding hydrogens is 264 g/mol. The highest BCUT2D eigenvalue weighted by Gasteiger charge is 2.28. The molecular formula is C17H30N2S. The first-order chi connectivity index (χ1) is 9.60. The van der Waals surface area contributed by atoms with Crippen LogP contribution in [0, 0.1) is 11.8 Å². The first kappa shape index (κ1) is 16.0. The number of rotatable bonds is 6. The molecule has 1 aliphatic heterocycles. The molecule has 3 unspecified atom stereocenters. The highest BCUT2D eigenvalue weighted by molar-refractivity contribution is 7.11. The summed E-state index contributed by atoms with van der Waals surface area (Å²) in [6.07, 6.45) is 2.59. The third kappa shape index (κ3) is 4.31. The van der Waals surface area contributed by atoms with E-state index in [1.54, 1.807) is 0 Å². The second kappa shape index (κ2) is 7.58. The van der Waals surface area contributed by atoms with Crippen LogP contribution in [0.1, 0.15) is 50.3 Å². The number of hydrogen-bond donors (Lipinski definition) is 1. The van der Waals surface area contributed by atoms with Gasteiger partial charge < -0.3 is 5.32 Å². The Hall–Kier alpha value is -0.380. The van der Waals surface area contributed by atoms with Crippen molar-refractivity contribution in [1.29, 1.82) is 0 Å². The summed E-state index contributed by atoms with van der Waals surface area (Å²) < 4.78 is 0. The van der Waals surface area contributed by atoms with Crippen LogP contribution < -0.4 is 5.32 Å². The maximum atomic E-state index is 3.49. The van der Waals surface area contributed by atoms with Crippen LogP contribution in [0.4, 0.5) is 0 Å². The van der Waals surface area contributed by atoms with Gasteiger partial charge in [-0.2, -0.15) is 0 Å². The third-order valence-corrected chi connectivity index (χ3v) is 5.59. The van der Waals surface area contributed by atoms with Crippen molar-refractivity contribution < 1.29 is 0 Å². The van der Waals surface area contributed by atoms with Gasteiger partial charge in [0.2, 0.25) is 0 Å².